The Labute approximate surface area is 767 Å². The molecule has 4 aromatic carbocycles. The van der Waals surface area contributed by atoms with Crippen LogP contribution < -0.4 is 40.2 Å². The summed E-state index contributed by atoms with van der Waals surface area (Å²) in [7, 11) is -4.69. The number of hydrogen-bond donors (Lipinski definition) is 5. The summed E-state index contributed by atoms with van der Waals surface area (Å²) in [5.74, 6) is -8.95. The molecule has 0 radical (unpaired) electrons. The zero-order valence-corrected chi connectivity index (χ0v) is 82.9. The summed E-state index contributed by atoms with van der Waals surface area (Å²) in [6.07, 6.45) is 10.1. The second kappa shape index (κ2) is 52.2. The van der Waals surface area contributed by atoms with Gasteiger partial charge >= 0.3 is 24.1 Å². The van der Waals surface area contributed by atoms with Crippen LogP contribution in [0.4, 0.5) is 9.59 Å². The number of ether oxygens (including phenoxy) is 8. The lowest BCUT2D eigenvalue weighted by Gasteiger charge is -2.38. The molecule has 8 atom stereocenters. The van der Waals surface area contributed by atoms with Crippen LogP contribution in [0, 0.1) is 23.7 Å². The van der Waals surface area contributed by atoms with Gasteiger partial charge in [0.1, 0.15) is 71.6 Å². The van der Waals surface area contributed by atoms with Crippen molar-refractivity contribution in [2.24, 2.45) is 23.7 Å². The van der Waals surface area contributed by atoms with E-state index in [0.29, 0.717) is 106 Å². The molecule has 129 heavy (non-hydrogen) atoms. The first kappa shape index (κ1) is 110. The van der Waals surface area contributed by atoms with E-state index in [1.54, 1.807) is 121 Å². The second-order valence-corrected chi connectivity index (χ2v) is 46.5. The van der Waals surface area contributed by atoms with E-state index < -0.39 is 164 Å². The number of sulfone groups is 2. The summed E-state index contributed by atoms with van der Waals surface area (Å²) < 4.78 is 107. The van der Waals surface area contributed by atoms with Crippen LogP contribution in [0.3, 0.4) is 0 Å². The van der Waals surface area contributed by atoms with Crippen molar-refractivity contribution in [1.29, 1.82) is 0 Å². The van der Waals surface area contributed by atoms with Gasteiger partial charge < -0.3 is 78.5 Å². The molecule has 2 aliphatic heterocycles. The summed E-state index contributed by atoms with van der Waals surface area (Å²) in [6.45, 7) is 32.1. The molecular weight excluding hydrogens is 1710 g/mol. The fourth-order valence-corrected chi connectivity index (χ4v) is 19.0. The third-order valence-electron chi connectivity index (χ3n) is 22.7. The van der Waals surface area contributed by atoms with Gasteiger partial charge in [-0.05, 0) is 156 Å². The van der Waals surface area contributed by atoms with E-state index >= 15 is 4.79 Å². The highest BCUT2D eigenvalue weighted by molar-refractivity contribution is 7.91. The first-order chi connectivity index (χ1) is 60.6. The number of ketones is 2. The van der Waals surface area contributed by atoms with Gasteiger partial charge in [0, 0.05) is 80.5 Å². The molecule has 0 fully saturated rings. The van der Waals surface area contributed by atoms with Crippen molar-refractivity contribution in [2.75, 3.05) is 104 Å². The summed E-state index contributed by atoms with van der Waals surface area (Å²) in [6, 6.07) is 15.8. The van der Waals surface area contributed by atoms with Crippen molar-refractivity contribution in [1.82, 2.24) is 31.1 Å². The highest BCUT2D eigenvalue weighted by Crippen LogP contribution is 2.44. The van der Waals surface area contributed by atoms with Crippen LogP contribution in [0.5, 0.6) is 23.0 Å². The molecule has 0 saturated heterocycles. The summed E-state index contributed by atoms with van der Waals surface area (Å²) >= 11 is 0. The minimum absolute atomic E-state index is 0.0256. The second-order valence-electron chi connectivity index (χ2n) is 37.3. The quantitative estimate of drug-likeness (QED) is 0.0119. The lowest BCUT2D eigenvalue weighted by Crippen LogP contribution is -2.48. The topological polar surface area (TPSA) is 397 Å². The smallest absolute Gasteiger partial charge is 0.407 e. The maximum atomic E-state index is 15.1. The van der Waals surface area contributed by atoms with Gasteiger partial charge in [-0.3, -0.25) is 28.8 Å². The fourth-order valence-electron chi connectivity index (χ4n) is 14.6. The molecule has 4 aromatic rings. The highest BCUT2D eigenvalue weighted by atomic mass is 32.2. The lowest BCUT2D eigenvalue weighted by molar-refractivity contribution is -0.146. The van der Waals surface area contributed by atoms with Gasteiger partial charge in [-0.1, -0.05) is 151 Å². The number of unbranched alkanes of at least 4 members (excludes halogenated alkanes) is 10. The SMILES string of the molecule is CCCCCCCCS(=O)(=O)C[C@@H](CO)C(=O)N(C)[C@@H]1C(=O)C[C@@H](C)C(=O)N[C@H](C(=O)OC)Cc2ccc(OCCNC(=O)OC(C)(C)C)c(c2)-c2cc1ccc2OCCC.CCCCCCCCS(=O)(=O)C[C@@H](CO[Si](C)(C)C(C)(C)C)C(=O)N(C)[C@@H]1C(=O)C[C@@H](C)C(=O)N[C@H](C(=O)OC)Cc2ccc(OCCNC(=O)OC(C)(C)C)c(c2)-c2cc1ccc2OCCC. The molecule has 2 heterocycles. The number of fused-ring (bicyclic) bond motifs is 10. The predicted octanol–water partition coefficient (Wildman–Crippen LogP) is 14.5. The van der Waals surface area contributed by atoms with Crippen LogP contribution in [0.15, 0.2) is 72.8 Å². The molecule has 0 saturated carbocycles. The molecule has 2 aliphatic rings. The highest BCUT2D eigenvalue weighted by Gasteiger charge is 2.43. The van der Waals surface area contributed by atoms with Gasteiger partial charge in [0.2, 0.25) is 23.6 Å². The molecule has 722 valence electrons. The number of nitrogens with zero attached hydrogens (tertiary/aromatic N) is 2. The average Bonchev–Trinajstić information content (AvgIpc) is 0.779. The number of amides is 6. The maximum Gasteiger partial charge on any atom is 0.407 e. The van der Waals surface area contributed by atoms with Gasteiger partial charge in [-0.15, -0.1) is 0 Å². The van der Waals surface area contributed by atoms with Gasteiger partial charge in [-0.25, -0.2) is 36.0 Å². The van der Waals surface area contributed by atoms with Crippen LogP contribution >= 0.6 is 0 Å². The zero-order valence-electron chi connectivity index (χ0n) is 80.3. The lowest BCUT2D eigenvalue weighted by atomic mass is 9.89. The van der Waals surface area contributed by atoms with E-state index in [4.69, 9.17) is 42.3 Å². The third kappa shape index (κ3) is 36.1. The number of nitrogens with one attached hydrogen (secondary N) is 4. The fraction of sp³-hybridized carbons (Fsp3) is 0.646. The molecule has 8 bridgehead atoms. The van der Waals surface area contributed by atoms with Crippen LogP contribution in [0.25, 0.3) is 22.3 Å². The van der Waals surface area contributed by atoms with Crippen molar-refractivity contribution in [3.8, 4) is 45.3 Å². The first-order valence-corrected chi connectivity index (χ1v) is 52.1. The molecule has 6 rings (SSSR count). The Kier molecular flexibility index (Phi) is 44.6. The molecule has 30 nitrogen and oxygen atoms in total. The van der Waals surface area contributed by atoms with Crippen molar-refractivity contribution >= 4 is 87.3 Å². The number of carbonyl (C=O) groups is 10. The average molecular weight is 1860 g/mol. The summed E-state index contributed by atoms with van der Waals surface area (Å²) in [4.78, 5) is 139. The number of rotatable bonds is 42. The van der Waals surface area contributed by atoms with Crippen molar-refractivity contribution in [3.05, 3.63) is 95.1 Å². The standard InChI is InChI=1S/C51H81N3O12SSi.C45H67N3O12S/c1-14-16-17-18-19-20-28-67(60,61)34-38(33-65-68(12,13)51(7,8)9)47(57)54(10)45-37-22-24-44(63-26-15-2)40(32-37)39-30-36(21-23-43(39)64-27-25-52-49(59)66-50(4,5)6)31-41(48(58)62-11)53-46(56)35(3)29-42(45)55;1-9-11-12-13-14-15-23-61(55,56)29-33(28-49)42(52)48(7)40-32-17-19-39(58-21-10-2)35(27-32)34-25-31(16-18-38(34)59-22-20-46-44(54)60-45(4,5)6)26-36(43(53)57-8)47-41(51)30(3)24-37(40)50/h21-24,30,32,35,38,41,45H,14-20,25-29,31,33-34H2,1-13H3,(H,52,59)(H,53,56);16-19,25,27,30,33,36,40,49H,9-15,20-24,26,28-29H2,1-8H3,(H,46,54)(H,47,51)/t35-,38-,41+,45+;30-,33-,36+,40+/m11/s1. The Hall–Kier alpha value is -9.18. The largest absolute Gasteiger partial charge is 0.493 e. The van der Waals surface area contributed by atoms with E-state index in [-0.39, 0.29) is 75.1 Å². The van der Waals surface area contributed by atoms with Crippen LogP contribution in [0.1, 0.15) is 241 Å². The number of Topliss-reactive ketones (excluding diaryl/α,β-unsaturated/α-hetero) is 2. The Morgan fingerprint density at radius 3 is 1.17 bits per heavy atom. The number of hydrogen-bond acceptors (Lipinski definition) is 24. The van der Waals surface area contributed by atoms with Crippen molar-refractivity contribution in [3.63, 3.8) is 0 Å². The molecule has 5 N–H and O–H groups in total. The minimum Gasteiger partial charge on any atom is -0.493 e. The number of methoxy groups -OCH3 is 2. The molecule has 0 unspecified atom stereocenters. The molecule has 0 spiro atoms. The Morgan fingerprint density at radius 1 is 0.481 bits per heavy atom. The number of likely N-dealkylation sites (N-methyl/N-ethyl adjacent to an activating group) is 2. The molecule has 6 amide bonds. The number of aliphatic hydroxyl groups excluding tert-OH is 1. The van der Waals surface area contributed by atoms with E-state index in [0.717, 1.165) is 69.1 Å². The minimum atomic E-state index is -3.75. The Bertz CT molecular complexity index is 4620. The maximum absolute atomic E-state index is 15.1. The van der Waals surface area contributed by atoms with Gasteiger partial charge in [0.15, 0.2) is 39.6 Å². The van der Waals surface area contributed by atoms with E-state index in [1.165, 1.54) is 40.1 Å². The molecule has 33 heteroatoms. The molecule has 0 aliphatic carbocycles. The monoisotopic (exact) mass is 1860 g/mol. The van der Waals surface area contributed by atoms with Crippen molar-refractivity contribution < 1.29 is 112 Å². The van der Waals surface area contributed by atoms with Gasteiger partial charge in [0.05, 0.1) is 82.0 Å². The third-order valence-corrected chi connectivity index (χ3v) is 30.8. The molecule has 0 aromatic heterocycles. The number of carbonyl (C=O) groups excluding carboxylic acids is 10. The van der Waals surface area contributed by atoms with E-state index in [9.17, 15) is 65.1 Å². The first-order valence-electron chi connectivity index (χ1n) is 45.6. The molecular formula is C96H148N6O24S2Si. The van der Waals surface area contributed by atoms with Crippen molar-refractivity contribution in [2.45, 2.75) is 273 Å². The van der Waals surface area contributed by atoms with Crippen LogP contribution in [0.2, 0.25) is 18.1 Å². The normalized spacial score (nSPS) is 17.6. The predicted molar refractivity (Wildman–Crippen MR) is 500 cm³/mol. The van der Waals surface area contributed by atoms with Gasteiger partial charge in [-0.2, -0.15) is 0 Å². The Morgan fingerprint density at radius 2 is 0.822 bits per heavy atom. The van der Waals surface area contributed by atoms with E-state index in [2.05, 4.69) is 55.9 Å². The summed E-state index contributed by atoms with van der Waals surface area (Å²) in [5.41, 5.74) is 2.57. The van der Waals surface area contributed by atoms with Crippen LogP contribution in [-0.4, -0.2) is 227 Å². The van der Waals surface area contributed by atoms with Gasteiger partial charge in [0.25, 0.3) is 0 Å². The summed E-state index contributed by atoms with van der Waals surface area (Å²) in [5, 5.41) is 21.0. The van der Waals surface area contributed by atoms with E-state index in [1.807, 2.05) is 26.9 Å². The number of aliphatic hydroxyl groups is 1. The number of benzene rings is 4. The Balaban J connectivity index is 0.000000460. The van der Waals surface area contributed by atoms with Crippen LogP contribution in [-0.2, 0) is 94.2 Å². The number of esters is 2. The number of alkyl carbamates (subject to hydrolysis) is 2. The zero-order chi connectivity index (χ0) is 96.4.